The smallest absolute Gasteiger partial charge is 0.321 e. The Morgan fingerprint density at radius 2 is 1.91 bits per heavy atom. The van der Waals surface area contributed by atoms with Crippen LogP contribution < -0.4 is 5.32 Å². The number of rotatable bonds is 4. The molecule has 1 atom stereocenters. The largest absolute Gasteiger partial charge is 0.322 e. The fourth-order valence-electron chi connectivity index (χ4n) is 2.04. The monoisotopic (exact) mass is 317 g/mol. The van der Waals surface area contributed by atoms with Gasteiger partial charge in [-0.25, -0.2) is 9.18 Å². The van der Waals surface area contributed by atoms with E-state index in [1.165, 1.54) is 41.3 Å². The summed E-state index contributed by atoms with van der Waals surface area (Å²) in [5.74, 6) is -0.388. The van der Waals surface area contributed by atoms with Crippen LogP contribution in [0, 0.1) is 15.9 Å². The van der Waals surface area contributed by atoms with Gasteiger partial charge < -0.3 is 10.2 Å². The number of hydrogen-bond donors (Lipinski definition) is 1. The highest BCUT2D eigenvalue weighted by Crippen LogP contribution is 2.23. The van der Waals surface area contributed by atoms with E-state index in [0.29, 0.717) is 11.3 Å². The van der Waals surface area contributed by atoms with Crippen molar-refractivity contribution in [2.45, 2.75) is 13.0 Å². The molecule has 0 fully saturated rings. The molecule has 0 aliphatic heterocycles. The third-order valence-electron chi connectivity index (χ3n) is 3.56. The number of anilines is 1. The number of halogens is 1. The maximum absolute atomic E-state index is 12.9. The fourth-order valence-corrected chi connectivity index (χ4v) is 2.04. The van der Waals surface area contributed by atoms with E-state index in [-0.39, 0.29) is 17.5 Å². The topological polar surface area (TPSA) is 75.5 Å². The molecule has 0 saturated heterocycles. The number of carbonyl (C=O) groups excluding carboxylic acids is 1. The van der Waals surface area contributed by atoms with Crippen molar-refractivity contribution in [3.63, 3.8) is 0 Å². The second-order valence-corrected chi connectivity index (χ2v) is 5.08. The molecule has 0 bridgehead atoms. The second-order valence-electron chi connectivity index (χ2n) is 5.08. The van der Waals surface area contributed by atoms with Crippen LogP contribution in [0.5, 0.6) is 0 Å². The lowest BCUT2D eigenvalue weighted by Gasteiger charge is -2.25. The molecule has 7 heteroatoms. The van der Waals surface area contributed by atoms with Crippen LogP contribution in [0.4, 0.5) is 20.6 Å². The lowest BCUT2D eigenvalue weighted by atomic mass is 10.1. The summed E-state index contributed by atoms with van der Waals surface area (Å²) in [5.41, 5.74) is 1.09. The second kappa shape index (κ2) is 6.87. The van der Waals surface area contributed by atoms with E-state index in [9.17, 15) is 19.3 Å². The predicted octanol–water partition coefficient (Wildman–Crippen LogP) is 3.96. The summed E-state index contributed by atoms with van der Waals surface area (Å²) >= 11 is 0. The van der Waals surface area contributed by atoms with Crippen LogP contribution in [0.2, 0.25) is 0 Å². The molecule has 1 N–H and O–H groups in total. The van der Waals surface area contributed by atoms with Crippen LogP contribution in [-0.2, 0) is 0 Å². The number of benzene rings is 2. The molecule has 2 amide bonds. The van der Waals surface area contributed by atoms with Gasteiger partial charge >= 0.3 is 6.03 Å². The Bertz CT molecular complexity index is 719. The fraction of sp³-hybridized carbons (Fsp3) is 0.188. The molecule has 2 aromatic carbocycles. The maximum atomic E-state index is 12.9. The summed E-state index contributed by atoms with van der Waals surface area (Å²) in [6.07, 6.45) is 0. The Morgan fingerprint density at radius 1 is 1.26 bits per heavy atom. The molecule has 6 nitrogen and oxygen atoms in total. The standard InChI is InChI=1S/C16H16FN3O3/c1-11(12-4-3-5-15(10-12)20(22)23)19(2)16(21)18-14-8-6-13(17)7-9-14/h3-11H,1-2H3,(H,18,21)/t11-/m0/s1. The van der Waals surface area contributed by atoms with Gasteiger partial charge in [-0.3, -0.25) is 10.1 Å². The lowest BCUT2D eigenvalue weighted by Crippen LogP contribution is -2.33. The Labute approximate surface area is 132 Å². The Balaban J connectivity index is 2.10. The average molecular weight is 317 g/mol. The number of nitro benzene ring substituents is 1. The SMILES string of the molecule is C[C@@H](c1cccc([N+](=O)[O-])c1)N(C)C(=O)Nc1ccc(F)cc1. The van der Waals surface area contributed by atoms with Crippen molar-refractivity contribution in [3.05, 3.63) is 70.0 Å². The van der Waals surface area contributed by atoms with Crippen LogP contribution in [0.15, 0.2) is 48.5 Å². The summed E-state index contributed by atoms with van der Waals surface area (Å²) in [6.45, 7) is 1.77. The van der Waals surface area contributed by atoms with Gasteiger partial charge in [0.05, 0.1) is 11.0 Å². The molecule has 0 saturated carbocycles. The molecule has 2 rings (SSSR count). The van der Waals surface area contributed by atoms with Crippen LogP contribution in [0.25, 0.3) is 0 Å². The van der Waals surface area contributed by atoms with Crippen molar-refractivity contribution in [1.29, 1.82) is 0 Å². The number of non-ortho nitro benzene ring substituents is 1. The van der Waals surface area contributed by atoms with Gasteiger partial charge in [0.2, 0.25) is 0 Å². The van der Waals surface area contributed by atoms with Crippen LogP contribution in [0.3, 0.4) is 0 Å². The van der Waals surface area contributed by atoms with Crippen molar-refractivity contribution in [3.8, 4) is 0 Å². The highest BCUT2D eigenvalue weighted by Gasteiger charge is 2.19. The Kier molecular flexibility index (Phi) is 4.90. The highest BCUT2D eigenvalue weighted by molar-refractivity contribution is 5.89. The van der Waals surface area contributed by atoms with Crippen molar-refractivity contribution in [2.24, 2.45) is 0 Å². The number of carbonyl (C=O) groups is 1. The molecule has 0 radical (unpaired) electrons. The lowest BCUT2D eigenvalue weighted by molar-refractivity contribution is -0.384. The third-order valence-corrected chi connectivity index (χ3v) is 3.56. The average Bonchev–Trinajstić information content (AvgIpc) is 2.55. The molecule has 0 aliphatic carbocycles. The van der Waals surface area contributed by atoms with Gasteiger partial charge in [-0.2, -0.15) is 0 Å². The molecule has 23 heavy (non-hydrogen) atoms. The molecule has 120 valence electrons. The predicted molar refractivity (Wildman–Crippen MR) is 84.7 cm³/mol. The van der Waals surface area contributed by atoms with Crippen molar-refractivity contribution < 1.29 is 14.1 Å². The molecule has 0 aliphatic rings. The van der Waals surface area contributed by atoms with Gasteiger partial charge in [0.25, 0.3) is 5.69 Å². The highest BCUT2D eigenvalue weighted by atomic mass is 19.1. The Hall–Kier alpha value is -2.96. The first-order valence-corrected chi connectivity index (χ1v) is 6.92. The zero-order valence-electron chi connectivity index (χ0n) is 12.7. The van der Waals surface area contributed by atoms with E-state index < -0.39 is 11.0 Å². The van der Waals surface area contributed by atoms with Crippen molar-refractivity contribution >= 4 is 17.4 Å². The number of urea groups is 1. The zero-order valence-corrected chi connectivity index (χ0v) is 12.7. The molecule has 2 aromatic rings. The Morgan fingerprint density at radius 3 is 2.52 bits per heavy atom. The van der Waals surface area contributed by atoms with E-state index in [4.69, 9.17) is 0 Å². The minimum Gasteiger partial charge on any atom is -0.321 e. The number of nitro groups is 1. The van der Waals surface area contributed by atoms with E-state index in [0.717, 1.165) is 0 Å². The summed E-state index contributed by atoms with van der Waals surface area (Å²) in [5, 5.41) is 13.5. The third kappa shape index (κ3) is 4.03. The minimum atomic E-state index is -0.477. The molecule has 0 heterocycles. The summed E-state index contributed by atoms with van der Waals surface area (Å²) in [4.78, 5) is 24.0. The van der Waals surface area contributed by atoms with Gasteiger partial charge in [0.15, 0.2) is 0 Å². The summed E-state index contributed by atoms with van der Waals surface area (Å²) < 4.78 is 12.9. The first-order chi connectivity index (χ1) is 10.9. The van der Waals surface area contributed by atoms with E-state index >= 15 is 0 Å². The quantitative estimate of drug-likeness (QED) is 0.685. The van der Waals surface area contributed by atoms with Crippen LogP contribution in [0.1, 0.15) is 18.5 Å². The van der Waals surface area contributed by atoms with Crippen molar-refractivity contribution in [1.82, 2.24) is 4.90 Å². The van der Waals surface area contributed by atoms with Gasteiger partial charge in [-0.1, -0.05) is 12.1 Å². The number of amides is 2. The molecule has 0 unspecified atom stereocenters. The van der Waals surface area contributed by atoms with Crippen molar-refractivity contribution in [2.75, 3.05) is 12.4 Å². The summed E-state index contributed by atoms with van der Waals surface area (Å²) in [7, 11) is 1.59. The van der Waals surface area contributed by atoms with Crippen LogP contribution >= 0.6 is 0 Å². The molecule has 0 spiro atoms. The minimum absolute atomic E-state index is 0.0262. The number of hydrogen-bond acceptors (Lipinski definition) is 3. The van der Waals surface area contributed by atoms with Gasteiger partial charge in [-0.05, 0) is 36.8 Å². The molecular weight excluding hydrogens is 301 g/mol. The number of nitrogens with one attached hydrogen (secondary N) is 1. The summed E-state index contributed by atoms with van der Waals surface area (Å²) in [6, 6.07) is 10.8. The molecule has 0 aromatic heterocycles. The van der Waals surface area contributed by atoms with Crippen LogP contribution in [-0.4, -0.2) is 22.9 Å². The van der Waals surface area contributed by atoms with E-state index in [1.807, 2.05) is 0 Å². The van der Waals surface area contributed by atoms with E-state index in [1.54, 1.807) is 26.1 Å². The van der Waals surface area contributed by atoms with Gasteiger partial charge in [0.1, 0.15) is 5.82 Å². The van der Waals surface area contributed by atoms with Gasteiger partial charge in [-0.15, -0.1) is 0 Å². The normalized spacial score (nSPS) is 11.6. The number of nitrogens with zero attached hydrogens (tertiary/aromatic N) is 2. The molecular formula is C16H16FN3O3. The zero-order chi connectivity index (χ0) is 17.0. The maximum Gasteiger partial charge on any atom is 0.322 e. The first-order valence-electron chi connectivity index (χ1n) is 6.92. The van der Waals surface area contributed by atoms with Gasteiger partial charge in [0, 0.05) is 24.9 Å². The van der Waals surface area contributed by atoms with E-state index in [2.05, 4.69) is 5.32 Å². The first kappa shape index (κ1) is 16.4.